The Balaban J connectivity index is 2.36. The lowest BCUT2D eigenvalue weighted by atomic mass is 10.1. The van der Waals surface area contributed by atoms with Crippen LogP contribution in [-0.4, -0.2) is 57.1 Å². The molecule has 0 spiro atoms. The third-order valence-electron chi connectivity index (χ3n) is 5.09. The molecule has 10 heteroatoms. The number of carbonyl (C=O) groups is 2. The highest BCUT2D eigenvalue weighted by Crippen LogP contribution is 2.28. The van der Waals surface area contributed by atoms with E-state index in [1.165, 1.54) is 23.1 Å². The second-order valence-electron chi connectivity index (χ2n) is 7.51. The Kier molecular flexibility index (Phi) is 10.0. The Morgan fingerprint density at radius 3 is 2.24 bits per heavy atom. The van der Waals surface area contributed by atoms with Gasteiger partial charge in [0.25, 0.3) is 0 Å². The maximum atomic E-state index is 13.4. The molecule has 2 amide bonds. The van der Waals surface area contributed by atoms with Gasteiger partial charge in [0.15, 0.2) is 0 Å². The number of sulfonamides is 1. The van der Waals surface area contributed by atoms with E-state index in [-0.39, 0.29) is 28.2 Å². The maximum absolute atomic E-state index is 13.4. The van der Waals surface area contributed by atoms with Crippen LogP contribution in [0, 0.1) is 0 Å². The van der Waals surface area contributed by atoms with Crippen molar-refractivity contribution in [2.75, 3.05) is 30.2 Å². The molecule has 2 aromatic rings. The number of nitrogens with one attached hydrogen (secondary N) is 1. The fourth-order valence-electron chi connectivity index (χ4n) is 3.44. The predicted octanol–water partition coefficient (Wildman–Crippen LogP) is 3.75. The summed E-state index contributed by atoms with van der Waals surface area (Å²) in [6.07, 6.45) is 1.92. The predicted molar refractivity (Wildman–Crippen MR) is 133 cm³/mol. The van der Waals surface area contributed by atoms with Crippen molar-refractivity contribution < 1.29 is 18.0 Å². The van der Waals surface area contributed by atoms with E-state index < -0.39 is 28.5 Å². The fourth-order valence-corrected chi connectivity index (χ4v) is 4.58. The monoisotopic (exact) mass is 513 g/mol. The molecule has 7 nitrogen and oxygen atoms in total. The van der Waals surface area contributed by atoms with E-state index in [0.29, 0.717) is 19.4 Å². The number of anilines is 1. The Morgan fingerprint density at radius 1 is 1.03 bits per heavy atom. The number of amides is 2. The smallest absolute Gasteiger partial charge is 0.244 e. The Hall–Kier alpha value is -2.29. The molecule has 0 saturated heterocycles. The average molecular weight is 514 g/mol. The van der Waals surface area contributed by atoms with Gasteiger partial charge in [-0.25, -0.2) is 8.42 Å². The molecule has 180 valence electrons. The highest BCUT2D eigenvalue weighted by molar-refractivity contribution is 7.92. The number of likely N-dealkylation sites (N-methyl/N-ethyl adjacent to an activating group) is 1. The SMILES string of the molecule is CCNC(=O)[C@H](CC)N(CCc1ccccc1)C(=O)CN(c1ccc(Cl)c(Cl)c1)S(C)(=O)=O. The molecule has 0 aliphatic heterocycles. The zero-order valence-electron chi connectivity index (χ0n) is 18.9. The van der Waals surface area contributed by atoms with Gasteiger partial charge in [-0.1, -0.05) is 60.5 Å². The summed E-state index contributed by atoms with van der Waals surface area (Å²) in [5, 5.41) is 3.20. The van der Waals surface area contributed by atoms with Crippen LogP contribution in [0.25, 0.3) is 0 Å². The molecule has 0 aliphatic rings. The molecule has 0 heterocycles. The number of nitrogens with zero attached hydrogens (tertiary/aromatic N) is 2. The van der Waals surface area contributed by atoms with Crippen molar-refractivity contribution in [3.63, 3.8) is 0 Å². The first-order valence-electron chi connectivity index (χ1n) is 10.6. The zero-order valence-corrected chi connectivity index (χ0v) is 21.3. The highest BCUT2D eigenvalue weighted by atomic mass is 35.5. The summed E-state index contributed by atoms with van der Waals surface area (Å²) in [6, 6.07) is 13.2. The quantitative estimate of drug-likeness (QED) is 0.495. The Bertz CT molecular complexity index is 1060. The Labute approximate surface area is 205 Å². The van der Waals surface area contributed by atoms with Gasteiger partial charge in [0.2, 0.25) is 21.8 Å². The van der Waals surface area contributed by atoms with Crippen molar-refractivity contribution in [3.8, 4) is 0 Å². The molecule has 0 radical (unpaired) electrons. The zero-order chi connectivity index (χ0) is 24.6. The molecular weight excluding hydrogens is 485 g/mol. The van der Waals surface area contributed by atoms with Gasteiger partial charge in [0.1, 0.15) is 12.6 Å². The van der Waals surface area contributed by atoms with Crippen molar-refractivity contribution in [3.05, 3.63) is 64.1 Å². The van der Waals surface area contributed by atoms with Crippen molar-refractivity contribution in [2.45, 2.75) is 32.7 Å². The van der Waals surface area contributed by atoms with E-state index in [1.807, 2.05) is 37.3 Å². The number of benzene rings is 2. The van der Waals surface area contributed by atoms with Gasteiger partial charge in [0.05, 0.1) is 22.0 Å². The second kappa shape index (κ2) is 12.3. The lowest BCUT2D eigenvalue weighted by Crippen LogP contribution is -2.53. The van der Waals surface area contributed by atoms with Gasteiger partial charge in [0, 0.05) is 13.1 Å². The van der Waals surface area contributed by atoms with E-state index in [1.54, 1.807) is 6.92 Å². The minimum Gasteiger partial charge on any atom is -0.355 e. The van der Waals surface area contributed by atoms with E-state index in [2.05, 4.69) is 5.32 Å². The van der Waals surface area contributed by atoms with Gasteiger partial charge in [-0.05, 0) is 43.5 Å². The molecule has 0 bridgehead atoms. The first kappa shape index (κ1) is 27.0. The molecule has 0 saturated carbocycles. The standard InChI is InChI=1S/C23H29Cl2N3O4S/c1-4-21(23(30)26-5-2)27(14-13-17-9-7-6-8-10-17)22(29)16-28(33(3,31)32)18-11-12-19(24)20(25)15-18/h6-12,15,21H,4-5,13-14,16H2,1-3H3,(H,26,30)/t21-/m0/s1. The summed E-state index contributed by atoms with van der Waals surface area (Å²) >= 11 is 12.0. The van der Waals surface area contributed by atoms with Crippen LogP contribution in [0.4, 0.5) is 5.69 Å². The third kappa shape index (κ3) is 7.62. The summed E-state index contributed by atoms with van der Waals surface area (Å²) in [4.78, 5) is 27.6. The summed E-state index contributed by atoms with van der Waals surface area (Å²) in [7, 11) is -3.82. The van der Waals surface area contributed by atoms with Gasteiger partial charge in [-0.2, -0.15) is 0 Å². The largest absolute Gasteiger partial charge is 0.355 e. The normalized spacial score (nSPS) is 12.2. The molecule has 1 N–H and O–H groups in total. The van der Waals surface area contributed by atoms with E-state index in [4.69, 9.17) is 23.2 Å². The van der Waals surface area contributed by atoms with Gasteiger partial charge in [-0.15, -0.1) is 0 Å². The van der Waals surface area contributed by atoms with Crippen LogP contribution in [-0.2, 0) is 26.0 Å². The van der Waals surface area contributed by atoms with Crippen molar-refractivity contribution in [1.29, 1.82) is 0 Å². The van der Waals surface area contributed by atoms with E-state index >= 15 is 0 Å². The van der Waals surface area contributed by atoms with E-state index in [9.17, 15) is 18.0 Å². The van der Waals surface area contributed by atoms with E-state index in [0.717, 1.165) is 16.1 Å². The minimum absolute atomic E-state index is 0.171. The van der Waals surface area contributed by atoms with Crippen LogP contribution in [0.2, 0.25) is 10.0 Å². The van der Waals surface area contributed by atoms with Crippen LogP contribution in [0.1, 0.15) is 25.8 Å². The number of carbonyl (C=O) groups excluding carboxylic acids is 2. The van der Waals surface area contributed by atoms with Crippen LogP contribution < -0.4 is 9.62 Å². The topological polar surface area (TPSA) is 86.8 Å². The van der Waals surface area contributed by atoms with Crippen LogP contribution in [0.5, 0.6) is 0 Å². The van der Waals surface area contributed by atoms with Crippen molar-refractivity contribution in [1.82, 2.24) is 10.2 Å². The maximum Gasteiger partial charge on any atom is 0.244 e. The third-order valence-corrected chi connectivity index (χ3v) is 6.97. The molecule has 2 rings (SSSR count). The van der Waals surface area contributed by atoms with Gasteiger partial charge >= 0.3 is 0 Å². The average Bonchev–Trinajstić information content (AvgIpc) is 2.76. The number of rotatable bonds is 11. The van der Waals surface area contributed by atoms with Crippen LogP contribution in [0.3, 0.4) is 0 Å². The highest BCUT2D eigenvalue weighted by Gasteiger charge is 2.31. The van der Waals surface area contributed by atoms with Crippen LogP contribution >= 0.6 is 23.2 Å². The van der Waals surface area contributed by atoms with Gasteiger partial charge in [-0.3, -0.25) is 13.9 Å². The molecule has 1 atom stereocenters. The first-order chi connectivity index (χ1) is 15.6. The molecule has 33 heavy (non-hydrogen) atoms. The molecule has 2 aromatic carbocycles. The lowest BCUT2D eigenvalue weighted by molar-refractivity contribution is -0.139. The Morgan fingerprint density at radius 2 is 1.70 bits per heavy atom. The molecule has 0 fully saturated rings. The number of hydrogen-bond donors (Lipinski definition) is 1. The summed E-state index contributed by atoms with van der Waals surface area (Å²) in [5.41, 5.74) is 1.22. The summed E-state index contributed by atoms with van der Waals surface area (Å²) < 4.78 is 26.1. The summed E-state index contributed by atoms with van der Waals surface area (Å²) in [6.45, 7) is 3.83. The van der Waals surface area contributed by atoms with Crippen LogP contribution in [0.15, 0.2) is 48.5 Å². The fraction of sp³-hybridized carbons (Fsp3) is 0.391. The first-order valence-corrected chi connectivity index (χ1v) is 13.2. The molecular formula is C23H29Cl2N3O4S. The molecule has 0 unspecified atom stereocenters. The van der Waals surface area contributed by atoms with Gasteiger partial charge < -0.3 is 10.2 Å². The second-order valence-corrected chi connectivity index (χ2v) is 10.2. The number of halogens is 2. The summed E-state index contributed by atoms with van der Waals surface area (Å²) in [5.74, 6) is -0.762. The minimum atomic E-state index is -3.82. The molecule has 0 aromatic heterocycles. The van der Waals surface area contributed by atoms with Crippen molar-refractivity contribution in [2.24, 2.45) is 0 Å². The molecule has 0 aliphatic carbocycles. The number of hydrogen-bond acceptors (Lipinski definition) is 4. The lowest BCUT2D eigenvalue weighted by Gasteiger charge is -2.32. The van der Waals surface area contributed by atoms with Crippen molar-refractivity contribution >= 4 is 50.7 Å².